The number of fused-ring (bicyclic) bond motifs is 1. The monoisotopic (exact) mass is 346 g/mol. The maximum Gasteiger partial charge on any atom is 0.190 e. The van der Waals surface area contributed by atoms with Crippen LogP contribution in [0.4, 0.5) is 4.39 Å². The van der Waals surface area contributed by atoms with Gasteiger partial charge in [-0.25, -0.2) is 13.9 Å². The van der Waals surface area contributed by atoms with Crippen LogP contribution in [0.5, 0.6) is 5.75 Å². The van der Waals surface area contributed by atoms with Gasteiger partial charge in [-0.1, -0.05) is 6.08 Å². The van der Waals surface area contributed by atoms with Crippen molar-refractivity contribution in [1.29, 1.82) is 5.26 Å². The number of allylic oxidation sites excluding steroid dienone is 1. The molecular weight excluding hydrogens is 331 g/mol. The molecule has 0 fully saturated rings. The first-order chi connectivity index (χ1) is 12.7. The third kappa shape index (κ3) is 2.54. The van der Waals surface area contributed by atoms with Gasteiger partial charge in [0.2, 0.25) is 0 Å². The second-order valence-electron chi connectivity index (χ2n) is 5.89. The maximum atomic E-state index is 13.9. The van der Waals surface area contributed by atoms with Crippen LogP contribution in [0.1, 0.15) is 12.1 Å². The molecule has 1 aliphatic rings. The van der Waals surface area contributed by atoms with Gasteiger partial charge in [0.1, 0.15) is 11.6 Å². The fraction of sp³-hybridized carbons (Fsp3) is 0.150. The van der Waals surface area contributed by atoms with Crippen molar-refractivity contribution in [3.8, 4) is 23.1 Å². The number of nitrogens with zero attached hydrogens (tertiary/aromatic N) is 4. The molecule has 4 rings (SSSR count). The van der Waals surface area contributed by atoms with Crippen LogP contribution in [0, 0.1) is 17.3 Å². The lowest BCUT2D eigenvalue weighted by Gasteiger charge is -2.09. The number of hydrogen-bond acceptors (Lipinski definition) is 4. The standard InChI is InChI=1S/C20H15FN4O/c1-26-19-3-2-14(21)10-16(19)15-6-9-24-20-17(15)11-18(25(20)12-22)13-4-7-23-8-5-13/h2-4,6,8-11H,5,7H2,1H3. The predicted molar refractivity (Wildman–Crippen MR) is 98.6 cm³/mol. The largest absolute Gasteiger partial charge is 0.496 e. The molecule has 3 aromatic rings. The lowest BCUT2D eigenvalue weighted by Crippen LogP contribution is -2.00. The zero-order valence-corrected chi connectivity index (χ0v) is 14.1. The van der Waals surface area contributed by atoms with E-state index in [1.807, 2.05) is 24.4 Å². The molecule has 1 aromatic carbocycles. The van der Waals surface area contributed by atoms with Crippen molar-refractivity contribution in [2.45, 2.75) is 6.42 Å². The topological polar surface area (TPSA) is 63.2 Å². The van der Waals surface area contributed by atoms with E-state index in [1.165, 1.54) is 16.7 Å². The van der Waals surface area contributed by atoms with Crippen molar-refractivity contribution < 1.29 is 9.13 Å². The molecule has 0 unspecified atom stereocenters. The highest BCUT2D eigenvalue weighted by Crippen LogP contribution is 2.37. The Morgan fingerprint density at radius 2 is 2.12 bits per heavy atom. The SMILES string of the molecule is COc1ccc(F)cc1-c1ccnc2c1cc(C1=CCN=CC1)n2C#N. The predicted octanol–water partition coefficient (Wildman–Crippen LogP) is 4.04. The minimum atomic E-state index is -0.350. The summed E-state index contributed by atoms with van der Waals surface area (Å²) in [4.78, 5) is 8.57. The number of ether oxygens (including phenoxy) is 1. The molecule has 6 heteroatoms. The summed E-state index contributed by atoms with van der Waals surface area (Å²) in [7, 11) is 1.55. The minimum absolute atomic E-state index is 0.350. The normalized spacial score (nSPS) is 13.5. The number of methoxy groups -OCH3 is 1. The van der Waals surface area contributed by atoms with Crippen LogP contribution in [0.3, 0.4) is 0 Å². The van der Waals surface area contributed by atoms with Gasteiger partial charge in [-0.3, -0.25) is 4.99 Å². The van der Waals surface area contributed by atoms with Crippen LogP contribution in [0.15, 0.2) is 47.6 Å². The van der Waals surface area contributed by atoms with Crippen LogP contribution in [-0.2, 0) is 0 Å². The lowest BCUT2D eigenvalue weighted by molar-refractivity contribution is 0.415. The van der Waals surface area contributed by atoms with Gasteiger partial charge in [-0.2, -0.15) is 5.26 Å². The Morgan fingerprint density at radius 3 is 2.85 bits per heavy atom. The Bertz CT molecular complexity index is 1100. The van der Waals surface area contributed by atoms with E-state index in [0.29, 0.717) is 29.9 Å². The number of aliphatic imine (C=N–C) groups is 1. The quantitative estimate of drug-likeness (QED) is 0.719. The van der Waals surface area contributed by atoms with Gasteiger partial charge in [0.05, 0.1) is 19.3 Å². The average Bonchev–Trinajstić information content (AvgIpc) is 3.07. The van der Waals surface area contributed by atoms with Gasteiger partial charge in [0.15, 0.2) is 11.8 Å². The van der Waals surface area contributed by atoms with Crippen LogP contribution in [0.2, 0.25) is 0 Å². The van der Waals surface area contributed by atoms with Crippen molar-refractivity contribution >= 4 is 22.8 Å². The number of hydrogen-bond donors (Lipinski definition) is 0. The van der Waals surface area contributed by atoms with Crippen molar-refractivity contribution in [3.63, 3.8) is 0 Å². The van der Waals surface area contributed by atoms with E-state index < -0.39 is 0 Å². The van der Waals surface area contributed by atoms with Crippen molar-refractivity contribution in [2.24, 2.45) is 4.99 Å². The first kappa shape index (κ1) is 16.0. The van der Waals surface area contributed by atoms with E-state index in [-0.39, 0.29) is 5.82 Å². The van der Waals surface area contributed by atoms with Crippen molar-refractivity contribution in [1.82, 2.24) is 9.55 Å². The molecule has 0 aliphatic carbocycles. The Balaban J connectivity index is 1.99. The zero-order valence-electron chi connectivity index (χ0n) is 14.1. The molecule has 0 bridgehead atoms. The average molecular weight is 346 g/mol. The molecule has 0 spiro atoms. The highest BCUT2D eigenvalue weighted by molar-refractivity contribution is 5.98. The minimum Gasteiger partial charge on any atom is -0.496 e. The van der Waals surface area contributed by atoms with Crippen molar-refractivity contribution in [3.05, 3.63) is 54.1 Å². The molecular formula is C20H15FN4O. The Morgan fingerprint density at radius 1 is 1.23 bits per heavy atom. The van der Waals surface area contributed by atoms with Crippen LogP contribution in [-0.4, -0.2) is 29.4 Å². The summed E-state index contributed by atoms with van der Waals surface area (Å²) in [5.74, 6) is 0.214. The number of aromatic nitrogens is 2. The molecule has 0 amide bonds. The van der Waals surface area contributed by atoms with Crippen molar-refractivity contribution in [2.75, 3.05) is 13.7 Å². The smallest absolute Gasteiger partial charge is 0.190 e. The fourth-order valence-corrected chi connectivity index (χ4v) is 3.25. The van der Waals surface area contributed by atoms with E-state index in [0.717, 1.165) is 22.2 Å². The molecule has 0 N–H and O–H groups in total. The molecule has 128 valence electrons. The van der Waals surface area contributed by atoms with E-state index in [9.17, 15) is 9.65 Å². The Hall–Kier alpha value is -3.46. The highest BCUT2D eigenvalue weighted by atomic mass is 19.1. The Kier molecular flexibility index (Phi) is 3.98. The van der Waals surface area contributed by atoms with Gasteiger partial charge >= 0.3 is 0 Å². The third-order valence-corrected chi connectivity index (χ3v) is 4.47. The zero-order chi connectivity index (χ0) is 18.1. The summed E-state index contributed by atoms with van der Waals surface area (Å²) in [5.41, 5.74) is 3.74. The second-order valence-corrected chi connectivity index (χ2v) is 5.89. The highest BCUT2D eigenvalue weighted by Gasteiger charge is 2.18. The summed E-state index contributed by atoms with van der Waals surface area (Å²) in [6.07, 6.45) is 8.33. The number of benzene rings is 1. The number of halogens is 1. The number of nitriles is 1. The molecule has 0 saturated heterocycles. The molecule has 2 aromatic heterocycles. The second kappa shape index (κ2) is 6.45. The molecule has 0 radical (unpaired) electrons. The van der Waals surface area contributed by atoms with Gasteiger partial charge < -0.3 is 4.74 Å². The fourth-order valence-electron chi connectivity index (χ4n) is 3.25. The Labute approximate surface area is 149 Å². The van der Waals surface area contributed by atoms with E-state index >= 15 is 0 Å². The summed E-state index contributed by atoms with van der Waals surface area (Å²) in [6, 6.07) is 8.12. The van der Waals surface area contributed by atoms with Crippen LogP contribution >= 0.6 is 0 Å². The molecule has 1 aliphatic heterocycles. The van der Waals surface area contributed by atoms with Crippen LogP contribution in [0.25, 0.3) is 27.7 Å². The van der Waals surface area contributed by atoms with Gasteiger partial charge in [0.25, 0.3) is 0 Å². The summed E-state index contributed by atoms with van der Waals surface area (Å²) in [6.45, 7) is 0.598. The lowest BCUT2D eigenvalue weighted by atomic mass is 10.0. The molecule has 5 nitrogen and oxygen atoms in total. The number of rotatable bonds is 3. The van der Waals surface area contributed by atoms with Gasteiger partial charge in [-0.15, -0.1) is 0 Å². The van der Waals surface area contributed by atoms with Gasteiger partial charge in [-0.05, 0) is 41.5 Å². The van der Waals surface area contributed by atoms with E-state index in [1.54, 1.807) is 19.4 Å². The third-order valence-electron chi connectivity index (χ3n) is 4.47. The van der Waals surface area contributed by atoms with E-state index in [2.05, 4.69) is 16.2 Å². The van der Waals surface area contributed by atoms with Gasteiger partial charge in [0, 0.05) is 29.8 Å². The summed E-state index contributed by atoms with van der Waals surface area (Å²) in [5, 5.41) is 10.4. The first-order valence-electron chi connectivity index (χ1n) is 8.15. The number of dihydropyridines is 1. The molecule has 3 heterocycles. The maximum absolute atomic E-state index is 13.9. The molecule has 26 heavy (non-hydrogen) atoms. The van der Waals surface area contributed by atoms with Crippen LogP contribution < -0.4 is 4.74 Å². The number of pyridine rings is 1. The summed E-state index contributed by atoms with van der Waals surface area (Å²) >= 11 is 0. The molecule has 0 saturated carbocycles. The molecule has 0 atom stereocenters. The first-order valence-corrected chi connectivity index (χ1v) is 8.15. The van der Waals surface area contributed by atoms with E-state index in [4.69, 9.17) is 4.74 Å². The summed E-state index contributed by atoms with van der Waals surface area (Å²) < 4.78 is 20.8.